The molecule has 1 fully saturated rings. The van der Waals surface area contributed by atoms with Gasteiger partial charge in [-0.3, -0.25) is 0 Å². The van der Waals surface area contributed by atoms with E-state index in [2.05, 4.69) is 15.1 Å². The van der Waals surface area contributed by atoms with Crippen molar-refractivity contribution in [3.63, 3.8) is 0 Å². The standard InChI is InChI=1S/C16H18F2N6O3S/c1-11-13(10-20-24(11)15(17)18)28(25,26)23-7-3-6-22(8-9-23)16-21-14-12(27-16)4-2-5-19-14/h2,4-5,10,15H,3,6-9H2,1H3. The fraction of sp³-hybridized carbons (Fsp3) is 0.438. The van der Waals surface area contributed by atoms with Gasteiger partial charge in [-0.25, -0.2) is 18.1 Å². The van der Waals surface area contributed by atoms with Crippen LogP contribution in [-0.2, 0) is 10.0 Å². The third-order valence-electron chi connectivity index (χ3n) is 4.68. The van der Waals surface area contributed by atoms with Gasteiger partial charge in [-0.2, -0.15) is 23.2 Å². The van der Waals surface area contributed by atoms with Crippen LogP contribution < -0.4 is 4.90 Å². The second-order valence-corrected chi connectivity index (χ2v) is 8.29. The lowest BCUT2D eigenvalue weighted by molar-refractivity contribution is 0.0541. The fourth-order valence-corrected chi connectivity index (χ4v) is 4.83. The Hall–Kier alpha value is -2.60. The molecule has 0 aromatic carbocycles. The second-order valence-electron chi connectivity index (χ2n) is 6.38. The van der Waals surface area contributed by atoms with Gasteiger partial charge in [-0.05, 0) is 25.5 Å². The Kier molecular flexibility index (Phi) is 4.75. The minimum absolute atomic E-state index is 0.0823. The number of pyridine rings is 1. The van der Waals surface area contributed by atoms with Gasteiger partial charge in [0.25, 0.3) is 6.01 Å². The molecule has 0 N–H and O–H groups in total. The van der Waals surface area contributed by atoms with E-state index in [4.69, 9.17) is 4.42 Å². The van der Waals surface area contributed by atoms with Crippen molar-refractivity contribution in [2.75, 3.05) is 31.1 Å². The molecule has 4 heterocycles. The Balaban J connectivity index is 1.55. The van der Waals surface area contributed by atoms with Crippen LogP contribution >= 0.6 is 0 Å². The van der Waals surface area contributed by atoms with Crippen molar-refractivity contribution in [3.8, 4) is 0 Å². The van der Waals surface area contributed by atoms with Crippen LogP contribution in [0.3, 0.4) is 0 Å². The number of sulfonamides is 1. The van der Waals surface area contributed by atoms with Crippen LogP contribution in [0, 0.1) is 6.92 Å². The molecule has 1 aliphatic heterocycles. The number of hydrogen-bond acceptors (Lipinski definition) is 7. The van der Waals surface area contributed by atoms with Gasteiger partial charge in [-0.1, -0.05) is 0 Å². The van der Waals surface area contributed by atoms with E-state index in [1.165, 1.54) is 11.2 Å². The second kappa shape index (κ2) is 7.09. The normalized spacial score (nSPS) is 16.8. The van der Waals surface area contributed by atoms with Crippen LogP contribution in [0.1, 0.15) is 18.7 Å². The Morgan fingerprint density at radius 3 is 2.75 bits per heavy atom. The lowest BCUT2D eigenvalue weighted by Gasteiger charge is -2.20. The van der Waals surface area contributed by atoms with Gasteiger partial charge < -0.3 is 9.32 Å². The molecule has 3 aromatic heterocycles. The Morgan fingerprint density at radius 1 is 1.21 bits per heavy atom. The average molecular weight is 412 g/mol. The highest BCUT2D eigenvalue weighted by molar-refractivity contribution is 7.89. The van der Waals surface area contributed by atoms with Crippen molar-refractivity contribution in [2.45, 2.75) is 24.8 Å². The molecule has 4 rings (SSSR count). The number of hydrogen-bond donors (Lipinski definition) is 0. The topological polar surface area (TPSA) is 97.4 Å². The molecule has 0 amide bonds. The summed E-state index contributed by atoms with van der Waals surface area (Å²) in [5.74, 6) is 0. The molecule has 0 spiro atoms. The summed E-state index contributed by atoms with van der Waals surface area (Å²) in [5, 5.41) is 3.51. The molecule has 0 bridgehead atoms. The number of oxazole rings is 1. The molecule has 150 valence electrons. The maximum Gasteiger partial charge on any atom is 0.333 e. The Bertz CT molecular complexity index is 1060. The molecular formula is C16H18F2N6O3S. The van der Waals surface area contributed by atoms with E-state index < -0.39 is 16.6 Å². The fourth-order valence-electron chi connectivity index (χ4n) is 3.21. The number of alkyl halides is 2. The number of aromatic nitrogens is 4. The molecular weight excluding hydrogens is 394 g/mol. The molecule has 28 heavy (non-hydrogen) atoms. The SMILES string of the molecule is Cc1c(S(=O)(=O)N2CCCN(c3nc4ncccc4o3)CC2)cnn1C(F)F. The van der Waals surface area contributed by atoms with Gasteiger partial charge in [0, 0.05) is 32.4 Å². The van der Waals surface area contributed by atoms with Gasteiger partial charge in [0.2, 0.25) is 15.7 Å². The first-order chi connectivity index (χ1) is 13.4. The van der Waals surface area contributed by atoms with E-state index in [-0.39, 0.29) is 23.7 Å². The summed E-state index contributed by atoms with van der Waals surface area (Å²) in [6.07, 6.45) is 3.13. The van der Waals surface area contributed by atoms with E-state index in [0.29, 0.717) is 41.4 Å². The highest BCUT2D eigenvalue weighted by atomic mass is 32.2. The average Bonchev–Trinajstić information content (AvgIpc) is 3.17. The highest BCUT2D eigenvalue weighted by Crippen LogP contribution is 2.26. The van der Waals surface area contributed by atoms with E-state index in [0.717, 1.165) is 6.20 Å². The Labute approximate surface area is 159 Å². The first-order valence-electron chi connectivity index (χ1n) is 8.67. The van der Waals surface area contributed by atoms with Crippen molar-refractivity contribution in [3.05, 3.63) is 30.2 Å². The van der Waals surface area contributed by atoms with Crippen molar-refractivity contribution in [2.24, 2.45) is 0 Å². The van der Waals surface area contributed by atoms with Crippen molar-refractivity contribution in [1.82, 2.24) is 24.1 Å². The van der Waals surface area contributed by atoms with E-state index in [1.807, 2.05) is 4.90 Å². The van der Waals surface area contributed by atoms with Gasteiger partial charge in [-0.15, -0.1) is 0 Å². The van der Waals surface area contributed by atoms with E-state index in [1.54, 1.807) is 18.3 Å². The molecule has 0 radical (unpaired) electrons. The monoisotopic (exact) mass is 412 g/mol. The molecule has 3 aromatic rings. The molecule has 12 heteroatoms. The van der Waals surface area contributed by atoms with Crippen molar-refractivity contribution in [1.29, 1.82) is 0 Å². The van der Waals surface area contributed by atoms with Crippen molar-refractivity contribution >= 4 is 27.3 Å². The smallest absolute Gasteiger partial charge is 0.333 e. The largest absolute Gasteiger partial charge is 0.422 e. The van der Waals surface area contributed by atoms with Crippen LogP contribution in [-0.4, -0.2) is 58.7 Å². The molecule has 1 aliphatic rings. The number of fused-ring (bicyclic) bond motifs is 1. The third kappa shape index (κ3) is 3.22. The van der Waals surface area contributed by atoms with Gasteiger partial charge >= 0.3 is 6.55 Å². The van der Waals surface area contributed by atoms with Crippen LogP contribution in [0.2, 0.25) is 0 Å². The molecule has 9 nitrogen and oxygen atoms in total. The zero-order valence-corrected chi connectivity index (χ0v) is 15.8. The van der Waals surface area contributed by atoms with Gasteiger partial charge in [0.1, 0.15) is 4.90 Å². The predicted molar refractivity (Wildman–Crippen MR) is 95.6 cm³/mol. The summed E-state index contributed by atoms with van der Waals surface area (Å²) in [7, 11) is -3.93. The lowest BCUT2D eigenvalue weighted by atomic mass is 10.4. The van der Waals surface area contributed by atoms with Crippen LogP contribution in [0.4, 0.5) is 14.8 Å². The van der Waals surface area contributed by atoms with Crippen LogP contribution in [0.25, 0.3) is 11.2 Å². The van der Waals surface area contributed by atoms with E-state index >= 15 is 0 Å². The number of nitrogens with zero attached hydrogens (tertiary/aromatic N) is 6. The lowest BCUT2D eigenvalue weighted by Crippen LogP contribution is -2.35. The maximum atomic E-state index is 12.9. The minimum Gasteiger partial charge on any atom is -0.422 e. The number of halogens is 2. The molecule has 0 saturated carbocycles. The molecule has 1 saturated heterocycles. The molecule has 0 unspecified atom stereocenters. The van der Waals surface area contributed by atoms with Crippen LogP contribution in [0.5, 0.6) is 0 Å². The number of rotatable bonds is 4. The highest BCUT2D eigenvalue weighted by Gasteiger charge is 2.32. The third-order valence-corrected chi connectivity index (χ3v) is 6.68. The zero-order chi connectivity index (χ0) is 19.9. The quantitative estimate of drug-likeness (QED) is 0.647. The zero-order valence-electron chi connectivity index (χ0n) is 15.0. The van der Waals surface area contributed by atoms with Crippen LogP contribution in [0.15, 0.2) is 33.8 Å². The summed E-state index contributed by atoms with van der Waals surface area (Å²) in [6.45, 7) is -0.231. The van der Waals surface area contributed by atoms with Gasteiger partial charge in [0.05, 0.1) is 11.9 Å². The first-order valence-corrected chi connectivity index (χ1v) is 10.1. The van der Waals surface area contributed by atoms with E-state index in [9.17, 15) is 17.2 Å². The predicted octanol–water partition coefficient (Wildman–Crippen LogP) is 2.02. The first kappa shape index (κ1) is 18.7. The van der Waals surface area contributed by atoms with Gasteiger partial charge in [0.15, 0.2) is 5.58 Å². The summed E-state index contributed by atoms with van der Waals surface area (Å²) < 4.78 is 59.1. The maximum absolute atomic E-state index is 12.9. The summed E-state index contributed by atoms with van der Waals surface area (Å²) in [5.41, 5.74) is 0.962. The molecule has 0 aliphatic carbocycles. The molecule has 0 atom stereocenters. The summed E-state index contributed by atoms with van der Waals surface area (Å²) >= 11 is 0. The number of anilines is 1. The minimum atomic E-state index is -3.93. The van der Waals surface area contributed by atoms with Crippen molar-refractivity contribution < 1.29 is 21.6 Å². The Morgan fingerprint density at radius 2 is 2.04 bits per heavy atom. The summed E-state index contributed by atoms with van der Waals surface area (Å²) in [4.78, 5) is 10.1. The summed E-state index contributed by atoms with van der Waals surface area (Å²) in [6, 6.07) is 3.89.